The van der Waals surface area contributed by atoms with Crippen LogP contribution in [0.15, 0.2) is 24.3 Å². The van der Waals surface area contributed by atoms with E-state index in [2.05, 4.69) is 0 Å². The molecule has 4 heteroatoms. The molecule has 1 atom stereocenters. The van der Waals surface area contributed by atoms with Crippen LogP contribution in [0.5, 0.6) is 0 Å². The Balaban J connectivity index is 2.79. The van der Waals surface area contributed by atoms with Gasteiger partial charge in [0.15, 0.2) is 0 Å². The normalized spacial score (nSPS) is 13.9. The van der Waals surface area contributed by atoms with Crippen molar-refractivity contribution in [1.82, 2.24) is 4.90 Å². The lowest BCUT2D eigenvalue weighted by atomic mass is 9.91. The molecule has 0 aliphatic carbocycles. The van der Waals surface area contributed by atoms with Crippen LogP contribution >= 0.6 is 0 Å². The van der Waals surface area contributed by atoms with E-state index >= 15 is 0 Å². The Kier molecular flexibility index (Phi) is 5.26. The van der Waals surface area contributed by atoms with Gasteiger partial charge in [0, 0.05) is 23.6 Å². The van der Waals surface area contributed by atoms with Gasteiger partial charge in [0.1, 0.15) is 5.82 Å². The summed E-state index contributed by atoms with van der Waals surface area (Å²) in [6, 6.07) is 6.56. The number of aliphatic hydroxyl groups is 2. The van der Waals surface area contributed by atoms with E-state index < -0.39 is 5.41 Å². The first-order chi connectivity index (χ1) is 8.43. The highest BCUT2D eigenvalue weighted by Crippen LogP contribution is 2.25. The van der Waals surface area contributed by atoms with Crippen molar-refractivity contribution >= 4 is 0 Å². The summed E-state index contributed by atoms with van der Waals surface area (Å²) < 4.78 is 13.7. The molecule has 1 rings (SSSR count). The number of benzene rings is 1. The third kappa shape index (κ3) is 3.51. The third-order valence-corrected chi connectivity index (χ3v) is 3.41. The van der Waals surface area contributed by atoms with Crippen molar-refractivity contribution in [2.45, 2.75) is 19.9 Å². The Morgan fingerprint density at radius 3 is 2.33 bits per heavy atom. The first-order valence-electron chi connectivity index (χ1n) is 6.10. The highest BCUT2D eigenvalue weighted by atomic mass is 19.1. The van der Waals surface area contributed by atoms with Gasteiger partial charge in [0.2, 0.25) is 0 Å². The van der Waals surface area contributed by atoms with Gasteiger partial charge in [0.05, 0.1) is 13.2 Å². The van der Waals surface area contributed by atoms with Crippen molar-refractivity contribution in [3.8, 4) is 0 Å². The van der Waals surface area contributed by atoms with Crippen LogP contribution in [0, 0.1) is 11.2 Å². The summed E-state index contributed by atoms with van der Waals surface area (Å²) in [6.07, 6.45) is 0. The maximum Gasteiger partial charge on any atom is 0.127 e. The fraction of sp³-hybridized carbons (Fsp3) is 0.571. The predicted octanol–water partition coefficient (Wildman–Crippen LogP) is 1.81. The molecule has 0 aromatic heterocycles. The number of rotatable bonds is 6. The monoisotopic (exact) mass is 255 g/mol. The molecule has 1 unspecified atom stereocenters. The van der Waals surface area contributed by atoms with Gasteiger partial charge in [0.25, 0.3) is 0 Å². The van der Waals surface area contributed by atoms with E-state index in [1.165, 1.54) is 6.07 Å². The molecule has 2 N–H and O–H groups in total. The number of nitrogens with zero attached hydrogens (tertiary/aromatic N) is 1. The molecular weight excluding hydrogens is 233 g/mol. The van der Waals surface area contributed by atoms with Crippen LogP contribution in [0.4, 0.5) is 4.39 Å². The van der Waals surface area contributed by atoms with Crippen molar-refractivity contribution in [1.29, 1.82) is 0 Å². The van der Waals surface area contributed by atoms with Gasteiger partial charge in [-0.2, -0.15) is 0 Å². The minimum atomic E-state index is -0.575. The summed E-state index contributed by atoms with van der Waals surface area (Å²) in [5.74, 6) is -0.230. The lowest BCUT2D eigenvalue weighted by molar-refractivity contribution is 0.0323. The summed E-state index contributed by atoms with van der Waals surface area (Å²) >= 11 is 0. The summed E-state index contributed by atoms with van der Waals surface area (Å²) in [7, 11) is 1.86. The van der Waals surface area contributed by atoms with Crippen LogP contribution in [0.3, 0.4) is 0 Å². The van der Waals surface area contributed by atoms with Crippen molar-refractivity contribution < 1.29 is 14.6 Å². The molecule has 0 bridgehead atoms. The predicted molar refractivity (Wildman–Crippen MR) is 69.7 cm³/mol. The molecule has 102 valence electrons. The highest BCUT2D eigenvalue weighted by Gasteiger charge is 2.27. The highest BCUT2D eigenvalue weighted by molar-refractivity contribution is 5.20. The van der Waals surface area contributed by atoms with Crippen molar-refractivity contribution in [2.75, 3.05) is 26.8 Å². The van der Waals surface area contributed by atoms with Crippen LogP contribution in [0.25, 0.3) is 0 Å². The van der Waals surface area contributed by atoms with Gasteiger partial charge >= 0.3 is 0 Å². The molecule has 0 amide bonds. The van der Waals surface area contributed by atoms with E-state index in [0.29, 0.717) is 12.1 Å². The quantitative estimate of drug-likeness (QED) is 0.815. The Morgan fingerprint density at radius 2 is 1.83 bits per heavy atom. The maximum atomic E-state index is 13.7. The molecule has 0 aliphatic rings. The fourth-order valence-electron chi connectivity index (χ4n) is 1.94. The van der Waals surface area contributed by atoms with E-state index in [9.17, 15) is 14.6 Å². The zero-order valence-electron chi connectivity index (χ0n) is 11.2. The average molecular weight is 255 g/mol. The van der Waals surface area contributed by atoms with Crippen molar-refractivity contribution in [2.24, 2.45) is 5.41 Å². The molecule has 0 saturated heterocycles. The molecule has 0 heterocycles. The Bertz CT molecular complexity index is 380. The van der Waals surface area contributed by atoms with Gasteiger partial charge in [-0.15, -0.1) is 0 Å². The average Bonchev–Trinajstić information content (AvgIpc) is 2.38. The lowest BCUT2D eigenvalue weighted by Gasteiger charge is -2.34. The van der Waals surface area contributed by atoms with E-state index in [-0.39, 0.29) is 25.1 Å². The minimum absolute atomic E-state index is 0.0994. The van der Waals surface area contributed by atoms with Gasteiger partial charge < -0.3 is 10.2 Å². The molecule has 1 aromatic rings. The lowest BCUT2D eigenvalue weighted by Crippen LogP contribution is -2.40. The Labute approximate surface area is 108 Å². The number of hydrogen-bond donors (Lipinski definition) is 2. The van der Waals surface area contributed by atoms with Gasteiger partial charge in [-0.05, 0) is 20.0 Å². The van der Waals surface area contributed by atoms with Crippen molar-refractivity contribution in [3.63, 3.8) is 0 Å². The van der Waals surface area contributed by atoms with Gasteiger partial charge in [-0.25, -0.2) is 4.39 Å². The molecule has 0 radical (unpaired) electrons. The second-order valence-corrected chi connectivity index (χ2v) is 5.24. The molecule has 0 saturated carbocycles. The zero-order valence-corrected chi connectivity index (χ0v) is 11.2. The molecule has 1 aromatic carbocycles. The van der Waals surface area contributed by atoms with Crippen LogP contribution in [-0.4, -0.2) is 41.9 Å². The Morgan fingerprint density at radius 1 is 1.28 bits per heavy atom. The molecule has 0 fully saturated rings. The topological polar surface area (TPSA) is 43.7 Å². The molecule has 0 aliphatic heterocycles. The molecule has 3 nitrogen and oxygen atoms in total. The number of hydrogen-bond acceptors (Lipinski definition) is 3. The first kappa shape index (κ1) is 15.1. The smallest absolute Gasteiger partial charge is 0.127 e. The number of halogens is 1. The largest absolute Gasteiger partial charge is 0.396 e. The standard InChI is InChI=1S/C14H22FNO2/c1-11(12-6-4-5-7-13(12)15)16(3)8-14(2,9-17)10-18/h4-7,11,17-18H,8-10H2,1-3H3. The summed E-state index contributed by atoms with van der Waals surface area (Å²) in [5, 5.41) is 18.6. The Hall–Kier alpha value is -0.970. The van der Waals surface area contributed by atoms with E-state index in [4.69, 9.17) is 0 Å². The molecular formula is C14H22FNO2. The van der Waals surface area contributed by atoms with E-state index in [1.807, 2.05) is 18.9 Å². The second kappa shape index (κ2) is 6.27. The summed E-state index contributed by atoms with van der Waals surface area (Å²) in [4.78, 5) is 1.94. The van der Waals surface area contributed by atoms with E-state index in [0.717, 1.165) is 0 Å². The van der Waals surface area contributed by atoms with Crippen LogP contribution < -0.4 is 0 Å². The van der Waals surface area contributed by atoms with Gasteiger partial charge in [-0.1, -0.05) is 25.1 Å². The second-order valence-electron chi connectivity index (χ2n) is 5.24. The van der Waals surface area contributed by atoms with E-state index in [1.54, 1.807) is 25.1 Å². The SMILES string of the molecule is CC(c1ccccc1F)N(C)CC(C)(CO)CO. The summed E-state index contributed by atoms with van der Waals surface area (Å²) in [5.41, 5.74) is 0.0482. The zero-order chi connectivity index (χ0) is 13.8. The van der Waals surface area contributed by atoms with Crippen LogP contribution in [0.1, 0.15) is 25.5 Å². The fourth-order valence-corrected chi connectivity index (χ4v) is 1.94. The maximum absolute atomic E-state index is 13.7. The molecule has 18 heavy (non-hydrogen) atoms. The third-order valence-electron chi connectivity index (χ3n) is 3.41. The minimum Gasteiger partial charge on any atom is -0.396 e. The first-order valence-corrected chi connectivity index (χ1v) is 6.10. The van der Waals surface area contributed by atoms with Crippen molar-refractivity contribution in [3.05, 3.63) is 35.6 Å². The van der Waals surface area contributed by atoms with Gasteiger partial charge in [-0.3, -0.25) is 4.90 Å². The van der Waals surface area contributed by atoms with Crippen LogP contribution in [-0.2, 0) is 0 Å². The number of aliphatic hydroxyl groups excluding tert-OH is 2. The van der Waals surface area contributed by atoms with Crippen LogP contribution in [0.2, 0.25) is 0 Å². The summed E-state index contributed by atoms with van der Waals surface area (Å²) in [6.45, 7) is 4.01. The molecule has 0 spiro atoms.